The quantitative estimate of drug-likeness (QED) is 0.624. The Hall–Kier alpha value is -0.920. The molecule has 0 heterocycles. The average molecular weight is 286 g/mol. The number of carbonyl (C=O) groups is 2. The van der Waals surface area contributed by atoms with Gasteiger partial charge < -0.3 is 0 Å². The number of Topliss-reactive ketones (excluding diaryl/α,β-unsaturated/α-hetero) is 2. The third-order valence-electron chi connectivity index (χ3n) is 7.52. The van der Waals surface area contributed by atoms with Crippen LogP contribution >= 0.6 is 0 Å². The molecule has 0 amide bonds. The zero-order valence-corrected chi connectivity index (χ0v) is 13.3. The molecule has 4 atom stereocenters. The summed E-state index contributed by atoms with van der Waals surface area (Å²) in [6, 6.07) is 0. The fourth-order valence-electron chi connectivity index (χ4n) is 6.03. The Kier molecular flexibility index (Phi) is 2.81. The lowest BCUT2D eigenvalue weighted by Crippen LogP contribution is -2.44. The van der Waals surface area contributed by atoms with Crippen LogP contribution in [0.4, 0.5) is 0 Å². The van der Waals surface area contributed by atoms with Crippen molar-refractivity contribution < 1.29 is 9.59 Å². The lowest BCUT2D eigenvalue weighted by atomic mass is 9.52. The van der Waals surface area contributed by atoms with Gasteiger partial charge in [0.1, 0.15) is 11.6 Å². The van der Waals surface area contributed by atoms with Crippen LogP contribution in [0.2, 0.25) is 0 Å². The van der Waals surface area contributed by atoms with E-state index in [0.717, 1.165) is 51.4 Å². The van der Waals surface area contributed by atoms with Crippen molar-refractivity contribution >= 4 is 11.6 Å². The van der Waals surface area contributed by atoms with Gasteiger partial charge in [-0.25, -0.2) is 0 Å². The van der Waals surface area contributed by atoms with Gasteiger partial charge in [0.05, 0.1) is 0 Å². The molecule has 0 radical (unpaired) electrons. The molecule has 0 aromatic heterocycles. The molecule has 0 aromatic carbocycles. The zero-order chi connectivity index (χ0) is 14.8. The van der Waals surface area contributed by atoms with Gasteiger partial charge in [-0.05, 0) is 55.8 Å². The van der Waals surface area contributed by atoms with E-state index in [2.05, 4.69) is 13.8 Å². The van der Waals surface area contributed by atoms with Gasteiger partial charge in [0.25, 0.3) is 0 Å². The second kappa shape index (κ2) is 4.30. The first-order valence-electron chi connectivity index (χ1n) is 8.72. The van der Waals surface area contributed by atoms with Crippen LogP contribution in [-0.4, -0.2) is 11.6 Å². The Morgan fingerprint density at radius 1 is 0.905 bits per heavy atom. The van der Waals surface area contributed by atoms with Crippen LogP contribution < -0.4 is 0 Å². The molecule has 0 aromatic rings. The summed E-state index contributed by atoms with van der Waals surface area (Å²) in [6.45, 7) is 4.63. The monoisotopic (exact) mass is 286 g/mol. The van der Waals surface area contributed by atoms with Gasteiger partial charge in [-0.15, -0.1) is 0 Å². The zero-order valence-electron chi connectivity index (χ0n) is 13.3. The highest BCUT2D eigenvalue weighted by Gasteiger charge is 2.54. The molecular weight excluding hydrogens is 260 g/mol. The third kappa shape index (κ3) is 1.71. The molecule has 114 valence electrons. The van der Waals surface area contributed by atoms with Gasteiger partial charge in [-0.1, -0.05) is 25.0 Å². The summed E-state index contributed by atoms with van der Waals surface area (Å²) < 4.78 is 0. The molecule has 2 fully saturated rings. The van der Waals surface area contributed by atoms with Gasteiger partial charge in [0.2, 0.25) is 0 Å². The van der Waals surface area contributed by atoms with Gasteiger partial charge >= 0.3 is 0 Å². The molecule has 4 aliphatic carbocycles. The Morgan fingerprint density at radius 3 is 2.48 bits per heavy atom. The summed E-state index contributed by atoms with van der Waals surface area (Å²) in [4.78, 5) is 24.2. The van der Waals surface area contributed by atoms with E-state index in [1.165, 1.54) is 6.42 Å². The van der Waals surface area contributed by atoms with Crippen molar-refractivity contribution in [3.63, 3.8) is 0 Å². The van der Waals surface area contributed by atoms with E-state index in [1.807, 2.05) is 0 Å². The van der Waals surface area contributed by atoms with E-state index in [0.29, 0.717) is 23.4 Å². The van der Waals surface area contributed by atoms with Gasteiger partial charge in [0.15, 0.2) is 0 Å². The van der Waals surface area contributed by atoms with E-state index >= 15 is 0 Å². The second-order valence-corrected chi connectivity index (χ2v) is 8.33. The molecule has 4 aliphatic rings. The summed E-state index contributed by atoms with van der Waals surface area (Å²) >= 11 is 0. The number of allylic oxidation sites excluding steroid dienone is 2. The second-order valence-electron chi connectivity index (χ2n) is 8.33. The van der Waals surface area contributed by atoms with Gasteiger partial charge in [-0.2, -0.15) is 0 Å². The minimum Gasteiger partial charge on any atom is -0.300 e. The van der Waals surface area contributed by atoms with E-state index in [-0.39, 0.29) is 10.8 Å². The highest BCUT2D eigenvalue weighted by Crippen LogP contribution is 2.62. The Labute approximate surface area is 127 Å². The molecular formula is C19H26O2. The summed E-state index contributed by atoms with van der Waals surface area (Å²) in [5.41, 5.74) is 3.51. The van der Waals surface area contributed by atoms with Crippen molar-refractivity contribution in [1.82, 2.24) is 0 Å². The van der Waals surface area contributed by atoms with Gasteiger partial charge in [-0.3, -0.25) is 9.59 Å². The van der Waals surface area contributed by atoms with Crippen LogP contribution in [0, 0.1) is 22.7 Å². The maximum absolute atomic E-state index is 12.3. The first-order chi connectivity index (χ1) is 9.95. The van der Waals surface area contributed by atoms with E-state index < -0.39 is 0 Å². The van der Waals surface area contributed by atoms with Crippen molar-refractivity contribution in [2.75, 3.05) is 0 Å². The normalized spacial score (nSPS) is 46.2. The number of fused-ring (bicyclic) bond motifs is 4. The minimum absolute atomic E-state index is 0.0630. The first-order valence-corrected chi connectivity index (χ1v) is 8.72. The number of hydrogen-bond acceptors (Lipinski definition) is 2. The smallest absolute Gasteiger partial charge is 0.139 e. The number of carbonyl (C=O) groups excluding carboxylic acids is 2. The third-order valence-corrected chi connectivity index (χ3v) is 7.52. The number of ketones is 2. The average Bonchev–Trinajstić information content (AvgIpc) is 2.76. The van der Waals surface area contributed by atoms with E-state index in [1.54, 1.807) is 11.1 Å². The Morgan fingerprint density at radius 2 is 1.67 bits per heavy atom. The summed E-state index contributed by atoms with van der Waals surface area (Å²) in [7, 11) is 0. The molecule has 0 aliphatic heterocycles. The number of hydrogen-bond donors (Lipinski definition) is 0. The predicted molar refractivity (Wildman–Crippen MR) is 81.8 cm³/mol. The maximum Gasteiger partial charge on any atom is 0.139 e. The van der Waals surface area contributed by atoms with Crippen LogP contribution in [0.15, 0.2) is 11.1 Å². The number of rotatable bonds is 0. The van der Waals surface area contributed by atoms with Crippen molar-refractivity contribution in [1.29, 1.82) is 0 Å². The molecule has 4 rings (SSSR count). The lowest BCUT2D eigenvalue weighted by molar-refractivity contribution is -0.126. The molecule has 0 N–H and O–H groups in total. The van der Waals surface area contributed by atoms with Crippen molar-refractivity contribution in [2.45, 2.75) is 71.6 Å². The van der Waals surface area contributed by atoms with E-state index in [9.17, 15) is 9.59 Å². The molecule has 2 heteroatoms. The predicted octanol–water partition coefficient (Wildman–Crippen LogP) is 4.23. The van der Waals surface area contributed by atoms with Crippen LogP contribution in [0.3, 0.4) is 0 Å². The lowest BCUT2D eigenvalue weighted by Gasteiger charge is -2.52. The SMILES string of the molecule is C[C@]12CCC(=O)C[C@H]1CCC1=C2CC[C@]2(C)C(=O)CC[C@H]12. The Bertz CT molecular complexity index is 558. The molecule has 2 nitrogen and oxygen atoms in total. The fraction of sp³-hybridized carbons (Fsp3) is 0.789. The molecule has 0 saturated heterocycles. The molecule has 0 bridgehead atoms. The van der Waals surface area contributed by atoms with Crippen molar-refractivity contribution in [3.05, 3.63) is 11.1 Å². The van der Waals surface area contributed by atoms with Crippen LogP contribution in [0.1, 0.15) is 71.6 Å². The largest absolute Gasteiger partial charge is 0.300 e. The maximum atomic E-state index is 12.3. The molecule has 0 unspecified atom stereocenters. The highest BCUT2D eigenvalue weighted by molar-refractivity contribution is 5.88. The summed E-state index contributed by atoms with van der Waals surface area (Å²) in [5, 5.41) is 0. The van der Waals surface area contributed by atoms with Crippen LogP contribution in [-0.2, 0) is 9.59 Å². The fourth-order valence-corrected chi connectivity index (χ4v) is 6.03. The van der Waals surface area contributed by atoms with Crippen molar-refractivity contribution in [2.24, 2.45) is 22.7 Å². The van der Waals surface area contributed by atoms with Gasteiger partial charge in [0, 0.05) is 24.7 Å². The summed E-state index contributed by atoms with van der Waals surface area (Å²) in [5.74, 6) is 2.06. The standard InChI is InChI=1S/C19H26O2/c1-18-9-7-13(20)11-12(18)3-4-14-15-5-6-17(21)19(15,2)10-8-16(14)18/h12,15H,3-11H2,1-2H3/t12-,15-,18+,19+/m1/s1. The topological polar surface area (TPSA) is 34.1 Å². The molecule has 2 saturated carbocycles. The molecule has 0 spiro atoms. The highest BCUT2D eigenvalue weighted by atomic mass is 16.1. The van der Waals surface area contributed by atoms with E-state index in [4.69, 9.17) is 0 Å². The van der Waals surface area contributed by atoms with Crippen LogP contribution in [0.5, 0.6) is 0 Å². The van der Waals surface area contributed by atoms with Crippen molar-refractivity contribution in [3.8, 4) is 0 Å². The Balaban J connectivity index is 1.76. The minimum atomic E-state index is -0.0630. The molecule has 21 heavy (non-hydrogen) atoms. The first kappa shape index (κ1) is 13.7. The summed E-state index contributed by atoms with van der Waals surface area (Å²) in [6.07, 6.45) is 8.95. The van der Waals surface area contributed by atoms with Crippen LogP contribution in [0.25, 0.3) is 0 Å².